The van der Waals surface area contributed by atoms with Crippen LogP contribution in [0.2, 0.25) is 0 Å². The normalized spacial score (nSPS) is 14.4. The maximum atomic E-state index is 12.4. The van der Waals surface area contributed by atoms with E-state index in [1.165, 1.54) is 0 Å². The predicted molar refractivity (Wildman–Crippen MR) is 43.5 cm³/mol. The monoisotopic (exact) mass is 220 g/mol. The van der Waals surface area contributed by atoms with Gasteiger partial charge in [-0.25, -0.2) is 0 Å². The van der Waals surface area contributed by atoms with E-state index in [4.69, 9.17) is 14.6 Å². The summed E-state index contributed by atoms with van der Waals surface area (Å²) in [6.07, 6.45) is -4.45. The molecule has 0 radical (unpaired) electrons. The SMILES string of the molecule is OCc1cc(C(F)(F)F)cc2c1OCO2. The van der Waals surface area contributed by atoms with Gasteiger partial charge in [0.2, 0.25) is 6.79 Å². The van der Waals surface area contributed by atoms with Crippen LogP contribution in [0.5, 0.6) is 11.5 Å². The summed E-state index contributed by atoms with van der Waals surface area (Å²) in [4.78, 5) is 0. The van der Waals surface area contributed by atoms with Gasteiger partial charge in [-0.05, 0) is 12.1 Å². The van der Waals surface area contributed by atoms with Crippen LogP contribution in [-0.2, 0) is 12.8 Å². The fraction of sp³-hybridized carbons (Fsp3) is 0.333. The van der Waals surface area contributed by atoms with Crippen LogP contribution in [0.1, 0.15) is 11.1 Å². The lowest BCUT2D eigenvalue weighted by molar-refractivity contribution is -0.137. The number of alkyl halides is 3. The van der Waals surface area contributed by atoms with Gasteiger partial charge in [0, 0.05) is 5.56 Å². The van der Waals surface area contributed by atoms with E-state index in [0.717, 1.165) is 12.1 Å². The Morgan fingerprint density at radius 1 is 1.27 bits per heavy atom. The highest BCUT2D eigenvalue weighted by Crippen LogP contribution is 2.41. The second-order valence-electron chi connectivity index (χ2n) is 3.03. The Labute approximate surface area is 83.0 Å². The predicted octanol–water partition coefficient (Wildman–Crippen LogP) is 1.93. The number of halogens is 3. The third kappa shape index (κ3) is 1.72. The number of fused-ring (bicyclic) bond motifs is 1. The molecule has 6 heteroatoms. The summed E-state index contributed by atoms with van der Waals surface area (Å²) >= 11 is 0. The van der Waals surface area contributed by atoms with Crippen LogP contribution in [-0.4, -0.2) is 11.9 Å². The van der Waals surface area contributed by atoms with Gasteiger partial charge in [0.15, 0.2) is 11.5 Å². The van der Waals surface area contributed by atoms with E-state index in [1.54, 1.807) is 0 Å². The van der Waals surface area contributed by atoms with Gasteiger partial charge in [0.1, 0.15) is 0 Å². The Morgan fingerprint density at radius 3 is 2.60 bits per heavy atom. The zero-order chi connectivity index (χ0) is 11.1. The molecule has 0 spiro atoms. The van der Waals surface area contributed by atoms with Gasteiger partial charge in [-0.1, -0.05) is 0 Å². The van der Waals surface area contributed by atoms with E-state index in [9.17, 15) is 13.2 Å². The van der Waals surface area contributed by atoms with E-state index in [-0.39, 0.29) is 23.9 Å². The van der Waals surface area contributed by atoms with E-state index < -0.39 is 18.3 Å². The molecule has 1 N–H and O–H groups in total. The van der Waals surface area contributed by atoms with Crippen LogP contribution in [0, 0.1) is 0 Å². The molecule has 0 bridgehead atoms. The second kappa shape index (κ2) is 3.30. The quantitative estimate of drug-likeness (QED) is 0.785. The van der Waals surface area contributed by atoms with Crippen LogP contribution in [0.15, 0.2) is 12.1 Å². The molecule has 0 fully saturated rings. The summed E-state index contributed by atoms with van der Waals surface area (Å²) in [6.45, 7) is -0.640. The summed E-state index contributed by atoms with van der Waals surface area (Å²) in [5, 5.41) is 8.89. The van der Waals surface area contributed by atoms with Crippen LogP contribution in [0.25, 0.3) is 0 Å². The van der Waals surface area contributed by atoms with Crippen molar-refractivity contribution in [2.45, 2.75) is 12.8 Å². The van der Waals surface area contributed by atoms with Gasteiger partial charge in [0.25, 0.3) is 0 Å². The first-order valence-corrected chi connectivity index (χ1v) is 4.13. The molecule has 1 heterocycles. The lowest BCUT2D eigenvalue weighted by Gasteiger charge is -2.10. The first kappa shape index (κ1) is 10.1. The van der Waals surface area contributed by atoms with Crippen molar-refractivity contribution < 1.29 is 27.8 Å². The summed E-state index contributed by atoms with van der Waals surface area (Å²) in [7, 11) is 0. The summed E-state index contributed by atoms with van der Waals surface area (Å²) in [6, 6.07) is 1.72. The molecule has 0 saturated carbocycles. The third-order valence-electron chi connectivity index (χ3n) is 2.05. The number of aliphatic hydroxyl groups excluding tert-OH is 1. The summed E-state index contributed by atoms with van der Waals surface area (Å²) in [5.41, 5.74) is -0.770. The highest BCUT2D eigenvalue weighted by molar-refractivity contribution is 5.51. The maximum Gasteiger partial charge on any atom is 0.416 e. The Hall–Kier alpha value is -1.43. The van der Waals surface area contributed by atoms with Crippen molar-refractivity contribution >= 4 is 0 Å². The third-order valence-corrected chi connectivity index (χ3v) is 2.05. The standard InChI is InChI=1S/C9H7F3O3/c10-9(11,12)6-1-5(3-13)8-7(2-6)14-4-15-8/h1-2,13H,3-4H2. The molecular weight excluding hydrogens is 213 g/mol. The van der Waals surface area contributed by atoms with Crippen LogP contribution >= 0.6 is 0 Å². The van der Waals surface area contributed by atoms with Gasteiger partial charge in [-0.3, -0.25) is 0 Å². The topological polar surface area (TPSA) is 38.7 Å². The first-order valence-electron chi connectivity index (χ1n) is 4.13. The lowest BCUT2D eigenvalue weighted by atomic mass is 10.1. The largest absolute Gasteiger partial charge is 0.454 e. The molecule has 0 unspecified atom stereocenters. The Balaban J connectivity index is 2.53. The molecular formula is C9H7F3O3. The molecule has 15 heavy (non-hydrogen) atoms. The molecule has 82 valence electrons. The molecule has 1 aromatic rings. The molecule has 0 amide bonds. The second-order valence-corrected chi connectivity index (χ2v) is 3.03. The molecule has 1 aromatic carbocycles. The van der Waals surface area contributed by atoms with E-state index >= 15 is 0 Å². The average Bonchev–Trinajstić information content (AvgIpc) is 2.62. The molecule has 0 atom stereocenters. The Kier molecular flexibility index (Phi) is 2.22. The number of aliphatic hydroxyl groups is 1. The van der Waals surface area contributed by atoms with Crippen LogP contribution < -0.4 is 9.47 Å². The average molecular weight is 220 g/mol. The highest BCUT2D eigenvalue weighted by atomic mass is 19.4. The zero-order valence-corrected chi connectivity index (χ0v) is 7.47. The molecule has 1 aliphatic heterocycles. The lowest BCUT2D eigenvalue weighted by Crippen LogP contribution is -2.05. The van der Waals surface area contributed by atoms with E-state index in [1.807, 2.05) is 0 Å². The summed E-state index contributed by atoms with van der Waals surface area (Å²) in [5.74, 6) is 0.208. The van der Waals surface area contributed by atoms with Crippen LogP contribution in [0.4, 0.5) is 13.2 Å². The van der Waals surface area contributed by atoms with E-state index in [2.05, 4.69) is 0 Å². The van der Waals surface area contributed by atoms with Gasteiger partial charge in [-0.15, -0.1) is 0 Å². The minimum Gasteiger partial charge on any atom is -0.454 e. The van der Waals surface area contributed by atoms with Gasteiger partial charge in [0.05, 0.1) is 12.2 Å². The smallest absolute Gasteiger partial charge is 0.416 e. The number of benzene rings is 1. The fourth-order valence-electron chi connectivity index (χ4n) is 1.36. The van der Waals surface area contributed by atoms with Crippen molar-refractivity contribution in [2.24, 2.45) is 0 Å². The van der Waals surface area contributed by atoms with Crippen molar-refractivity contribution in [1.29, 1.82) is 0 Å². The van der Waals surface area contributed by atoms with Crippen molar-refractivity contribution in [1.82, 2.24) is 0 Å². The van der Waals surface area contributed by atoms with Crippen molar-refractivity contribution in [2.75, 3.05) is 6.79 Å². The molecule has 0 aromatic heterocycles. The molecule has 0 saturated heterocycles. The molecule has 3 nitrogen and oxygen atoms in total. The number of hydrogen-bond acceptors (Lipinski definition) is 3. The van der Waals surface area contributed by atoms with Gasteiger partial charge in [-0.2, -0.15) is 13.2 Å². The van der Waals surface area contributed by atoms with Gasteiger partial charge >= 0.3 is 6.18 Å². The minimum absolute atomic E-state index is 0.0221. The summed E-state index contributed by atoms with van der Waals surface area (Å²) < 4.78 is 47.0. The number of rotatable bonds is 1. The minimum atomic E-state index is -4.45. The van der Waals surface area contributed by atoms with Crippen LogP contribution in [0.3, 0.4) is 0 Å². The Bertz CT molecular complexity index is 387. The van der Waals surface area contributed by atoms with Crippen molar-refractivity contribution in [3.8, 4) is 11.5 Å². The first-order chi connectivity index (χ1) is 7.02. The van der Waals surface area contributed by atoms with Crippen molar-refractivity contribution in [3.05, 3.63) is 23.3 Å². The van der Waals surface area contributed by atoms with Gasteiger partial charge < -0.3 is 14.6 Å². The zero-order valence-electron chi connectivity index (χ0n) is 7.47. The molecule has 2 rings (SSSR count). The highest BCUT2D eigenvalue weighted by Gasteiger charge is 2.33. The fourth-order valence-corrected chi connectivity index (χ4v) is 1.36. The van der Waals surface area contributed by atoms with Crippen molar-refractivity contribution in [3.63, 3.8) is 0 Å². The number of ether oxygens (including phenoxy) is 2. The van der Waals surface area contributed by atoms with E-state index in [0.29, 0.717) is 0 Å². The maximum absolute atomic E-state index is 12.4. The Morgan fingerprint density at radius 2 is 2.00 bits per heavy atom. The molecule has 0 aliphatic carbocycles. The number of hydrogen-bond donors (Lipinski definition) is 1. The molecule has 1 aliphatic rings.